The van der Waals surface area contributed by atoms with Gasteiger partial charge in [0.1, 0.15) is 5.82 Å². The van der Waals surface area contributed by atoms with Crippen LogP contribution in [0.2, 0.25) is 0 Å². The highest BCUT2D eigenvalue weighted by atomic mass is 127. The summed E-state index contributed by atoms with van der Waals surface area (Å²) in [6.45, 7) is 1.81. The van der Waals surface area contributed by atoms with Crippen LogP contribution in [0, 0.1) is 3.57 Å². The Hall–Kier alpha value is -0.880. The predicted molar refractivity (Wildman–Crippen MR) is 79.4 cm³/mol. The summed E-state index contributed by atoms with van der Waals surface area (Å²) < 4.78 is 9.12. The summed E-state index contributed by atoms with van der Waals surface area (Å²) in [6, 6.07) is 8.47. The second kappa shape index (κ2) is 5.40. The van der Waals surface area contributed by atoms with Crippen LogP contribution in [0.15, 0.2) is 36.7 Å². The Morgan fingerprint density at radius 1 is 1.33 bits per heavy atom. The molecule has 1 fully saturated rings. The van der Waals surface area contributed by atoms with Gasteiger partial charge in [0.25, 0.3) is 0 Å². The minimum absolute atomic E-state index is 0.349. The first-order chi connectivity index (χ1) is 8.83. The van der Waals surface area contributed by atoms with Crippen molar-refractivity contribution < 1.29 is 4.74 Å². The molecule has 2 aromatic rings. The summed E-state index contributed by atoms with van der Waals surface area (Å²) in [6.07, 6.45) is 6.58. The zero-order chi connectivity index (χ0) is 12.4. The zero-order valence-electron chi connectivity index (χ0n) is 10.1. The number of hydrogen-bond donors (Lipinski definition) is 0. The van der Waals surface area contributed by atoms with Gasteiger partial charge in [-0.3, -0.25) is 0 Å². The normalized spacial score (nSPS) is 19.3. The molecule has 94 valence electrons. The monoisotopic (exact) mass is 354 g/mol. The number of ether oxygens (including phenoxy) is 1. The molecule has 0 aliphatic carbocycles. The molecule has 1 unspecified atom stereocenters. The fraction of sp³-hybridized carbons (Fsp3) is 0.357. The lowest BCUT2D eigenvalue weighted by molar-refractivity contribution is 0.0974. The van der Waals surface area contributed by atoms with Gasteiger partial charge in [0.05, 0.1) is 12.6 Å². The molecule has 0 radical (unpaired) electrons. The average molecular weight is 354 g/mol. The van der Waals surface area contributed by atoms with E-state index >= 15 is 0 Å². The quantitative estimate of drug-likeness (QED) is 0.791. The van der Waals surface area contributed by atoms with Crippen LogP contribution in [0.4, 0.5) is 0 Å². The first kappa shape index (κ1) is 12.2. The van der Waals surface area contributed by atoms with Crippen LogP contribution in [0.3, 0.4) is 0 Å². The second-order valence-corrected chi connectivity index (χ2v) is 5.79. The second-order valence-electron chi connectivity index (χ2n) is 4.55. The largest absolute Gasteiger partial charge is 0.376 e. The molecule has 0 amide bonds. The molecule has 1 atom stereocenters. The number of rotatable bonds is 3. The maximum atomic E-state index is 5.69. The zero-order valence-corrected chi connectivity index (χ0v) is 12.2. The lowest BCUT2D eigenvalue weighted by atomic mass is 10.2. The molecule has 2 heterocycles. The Balaban J connectivity index is 1.84. The maximum absolute atomic E-state index is 5.69. The van der Waals surface area contributed by atoms with Gasteiger partial charge in [0, 0.05) is 28.1 Å². The Bertz CT molecular complexity index is 515. The van der Waals surface area contributed by atoms with Crippen molar-refractivity contribution in [3.63, 3.8) is 0 Å². The SMILES string of the molecule is Ic1ccc(-c2nccn2CC2CCCO2)cc1. The molecule has 0 bridgehead atoms. The molecular formula is C14H15IN2O. The van der Waals surface area contributed by atoms with E-state index in [2.05, 4.69) is 56.4 Å². The van der Waals surface area contributed by atoms with Crippen molar-refractivity contribution in [2.24, 2.45) is 0 Å². The highest BCUT2D eigenvalue weighted by molar-refractivity contribution is 14.1. The van der Waals surface area contributed by atoms with Gasteiger partial charge in [-0.1, -0.05) is 12.1 Å². The minimum Gasteiger partial charge on any atom is -0.376 e. The standard InChI is InChI=1S/C14H15IN2O/c15-12-5-3-11(4-6-12)14-16-7-8-17(14)10-13-2-1-9-18-13/h3-8,13H,1-2,9-10H2. The topological polar surface area (TPSA) is 27.1 Å². The summed E-state index contributed by atoms with van der Waals surface area (Å²) in [5, 5.41) is 0. The maximum Gasteiger partial charge on any atom is 0.139 e. The van der Waals surface area contributed by atoms with Gasteiger partial charge in [-0.25, -0.2) is 4.98 Å². The summed E-state index contributed by atoms with van der Waals surface area (Å²) in [7, 11) is 0. The van der Waals surface area contributed by atoms with Gasteiger partial charge in [-0.05, 0) is 47.6 Å². The van der Waals surface area contributed by atoms with Gasteiger partial charge in [0.15, 0.2) is 0 Å². The summed E-state index contributed by atoms with van der Waals surface area (Å²) >= 11 is 2.32. The molecule has 0 N–H and O–H groups in total. The Morgan fingerprint density at radius 3 is 2.89 bits per heavy atom. The van der Waals surface area contributed by atoms with Crippen LogP contribution < -0.4 is 0 Å². The first-order valence-corrected chi connectivity index (χ1v) is 7.29. The molecule has 1 aromatic heterocycles. The number of imidazole rings is 1. The van der Waals surface area contributed by atoms with E-state index in [-0.39, 0.29) is 0 Å². The molecule has 18 heavy (non-hydrogen) atoms. The fourth-order valence-electron chi connectivity index (χ4n) is 2.32. The van der Waals surface area contributed by atoms with E-state index in [9.17, 15) is 0 Å². The minimum atomic E-state index is 0.349. The van der Waals surface area contributed by atoms with E-state index in [1.165, 1.54) is 15.6 Å². The lowest BCUT2D eigenvalue weighted by Gasteiger charge is -2.13. The predicted octanol–water partition coefficient (Wildman–Crippen LogP) is 3.33. The fourth-order valence-corrected chi connectivity index (χ4v) is 2.68. The van der Waals surface area contributed by atoms with E-state index in [0.717, 1.165) is 25.4 Å². The lowest BCUT2D eigenvalue weighted by Crippen LogP contribution is -2.15. The van der Waals surface area contributed by atoms with Crippen LogP contribution in [0.1, 0.15) is 12.8 Å². The van der Waals surface area contributed by atoms with Crippen molar-refractivity contribution in [1.29, 1.82) is 0 Å². The van der Waals surface area contributed by atoms with Gasteiger partial charge < -0.3 is 9.30 Å². The van der Waals surface area contributed by atoms with Gasteiger partial charge >= 0.3 is 0 Å². The molecule has 1 aliphatic rings. The number of nitrogens with zero attached hydrogens (tertiary/aromatic N) is 2. The van der Waals surface area contributed by atoms with E-state index in [4.69, 9.17) is 4.74 Å². The van der Waals surface area contributed by atoms with Gasteiger partial charge in [-0.2, -0.15) is 0 Å². The number of hydrogen-bond acceptors (Lipinski definition) is 2. The van der Waals surface area contributed by atoms with Crippen molar-refractivity contribution in [3.8, 4) is 11.4 Å². The number of halogens is 1. The van der Waals surface area contributed by atoms with Crippen LogP contribution in [-0.4, -0.2) is 22.3 Å². The van der Waals surface area contributed by atoms with Crippen LogP contribution in [0.5, 0.6) is 0 Å². The van der Waals surface area contributed by atoms with E-state index < -0.39 is 0 Å². The van der Waals surface area contributed by atoms with Crippen LogP contribution in [0.25, 0.3) is 11.4 Å². The Labute approximate surface area is 120 Å². The van der Waals surface area contributed by atoms with Crippen LogP contribution >= 0.6 is 22.6 Å². The molecule has 3 rings (SSSR count). The third-order valence-corrected chi connectivity index (χ3v) is 3.96. The molecule has 1 aliphatic heterocycles. The Morgan fingerprint density at radius 2 is 2.17 bits per heavy atom. The van der Waals surface area contributed by atoms with Crippen molar-refractivity contribution in [2.75, 3.05) is 6.61 Å². The molecule has 3 nitrogen and oxygen atoms in total. The van der Waals surface area contributed by atoms with Crippen molar-refractivity contribution in [2.45, 2.75) is 25.5 Å². The first-order valence-electron chi connectivity index (χ1n) is 6.21. The molecular weight excluding hydrogens is 339 g/mol. The molecule has 0 saturated carbocycles. The summed E-state index contributed by atoms with van der Waals surface area (Å²) in [5.41, 5.74) is 1.17. The van der Waals surface area contributed by atoms with Crippen LogP contribution in [-0.2, 0) is 11.3 Å². The molecule has 4 heteroatoms. The van der Waals surface area contributed by atoms with Crippen molar-refractivity contribution in [1.82, 2.24) is 9.55 Å². The van der Waals surface area contributed by atoms with Gasteiger partial charge in [0.2, 0.25) is 0 Å². The number of aromatic nitrogens is 2. The third-order valence-electron chi connectivity index (χ3n) is 3.24. The van der Waals surface area contributed by atoms with E-state index in [1.807, 2.05) is 12.4 Å². The number of benzene rings is 1. The highest BCUT2D eigenvalue weighted by Gasteiger charge is 2.17. The molecule has 1 saturated heterocycles. The summed E-state index contributed by atoms with van der Waals surface area (Å²) in [5.74, 6) is 1.03. The van der Waals surface area contributed by atoms with Crippen molar-refractivity contribution in [3.05, 3.63) is 40.2 Å². The average Bonchev–Trinajstić information content (AvgIpc) is 3.02. The highest BCUT2D eigenvalue weighted by Crippen LogP contribution is 2.21. The van der Waals surface area contributed by atoms with E-state index in [0.29, 0.717) is 6.10 Å². The molecule has 0 spiro atoms. The van der Waals surface area contributed by atoms with E-state index in [1.54, 1.807) is 0 Å². The smallest absolute Gasteiger partial charge is 0.139 e. The summed E-state index contributed by atoms with van der Waals surface area (Å²) in [4.78, 5) is 4.46. The van der Waals surface area contributed by atoms with Gasteiger partial charge in [-0.15, -0.1) is 0 Å². The molecule has 1 aromatic carbocycles. The third kappa shape index (κ3) is 2.59. The van der Waals surface area contributed by atoms with Crippen molar-refractivity contribution >= 4 is 22.6 Å². The Kier molecular flexibility index (Phi) is 3.65.